The van der Waals surface area contributed by atoms with Crippen molar-refractivity contribution in [2.45, 2.75) is 39.2 Å². The molecule has 1 atom stereocenters. The Bertz CT molecular complexity index is 552. The van der Waals surface area contributed by atoms with E-state index in [1.807, 2.05) is 6.07 Å². The predicted octanol–water partition coefficient (Wildman–Crippen LogP) is 5.18. The Kier molecular flexibility index (Phi) is 4.99. The summed E-state index contributed by atoms with van der Waals surface area (Å²) in [6.07, 6.45) is 3.17. The maximum atomic E-state index is 13.4. The standard InChI is InChI=1S/C15H19BrFNO/c1-3-5-13(18-6-4-2)14-8-10-7-11(17)9-12(16)15(10)19-14/h7-9,13,18H,3-6H2,1-2H3. The van der Waals surface area contributed by atoms with E-state index in [0.29, 0.717) is 4.47 Å². The molecule has 0 radical (unpaired) electrons. The summed E-state index contributed by atoms with van der Waals surface area (Å²) in [7, 11) is 0. The highest BCUT2D eigenvalue weighted by atomic mass is 79.9. The molecule has 0 saturated carbocycles. The van der Waals surface area contributed by atoms with E-state index in [2.05, 4.69) is 35.1 Å². The number of halogens is 2. The van der Waals surface area contributed by atoms with Gasteiger partial charge in [-0.05, 0) is 53.5 Å². The van der Waals surface area contributed by atoms with Crippen molar-refractivity contribution in [1.82, 2.24) is 5.32 Å². The molecule has 2 rings (SSSR count). The van der Waals surface area contributed by atoms with E-state index >= 15 is 0 Å². The van der Waals surface area contributed by atoms with Crippen molar-refractivity contribution < 1.29 is 8.81 Å². The molecule has 0 fully saturated rings. The van der Waals surface area contributed by atoms with Gasteiger partial charge < -0.3 is 9.73 Å². The lowest BCUT2D eigenvalue weighted by Crippen LogP contribution is -2.21. The molecular formula is C15H19BrFNO. The minimum atomic E-state index is -0.250. The first-order chi connectivity index (χ1) is 9.15. The van der Waals surface area contributed by atoms with Crippen LogP contribution >= 0.6 is 15.9 Å². The van der Waals surface area contributed by atoms with Crippen LogP contribution in [0.5, 0.6) is 0 Å². The van der Waals surface area contributed by atoms with E-state index in [0.717, 1.165) is 42.5 Å². The second kappa shape index (κ2) is 6.53. The molecule has 0 saturated heterocycles. The molecule has 1 aromatic carbocycles. The van der Waals surface area contributed by atoms with E-state index in [1.54, 1.807) is 0 Å². The summed E-state index contributed by atoms with van der Waals surface area (Å²) >= 11 is 3.35. The lowest BCUT2D eigenvalue weighted by Gasteiger charge is -2.14. The van der Waals surface area contributed by atoms with Gasteiger partial charge in [-0.15, -0.1) is 0 Å². The summed E-state index contributed by atoms with van der Waals surface area (Å²) in [6.45, 7) is 5.25. The van der Waals surface area contributed by atoms with Crippen LogP contribution < -0.4 is 5.32 Å². The molecule has 1 aromatic heterocycles. The zero-order valence-corrected chi connectivity index (χ0v) is 12.9. The Hall–Kier alpha value is -0.870. The minimum Gasteiger partial charge on any atom is -0.458 e. The highest BCUT2D eigenvalue weighted by molar-refractivity contribution is 9.10. The van der Waals surface area contributed by atoms with Crippen molar-refractivity contribution in [3.05, 3.63) is 34.2 Å². The third-order valence-corrected chi connectivity index (χ3v) is 3.71. The van der Waals surface area contributed by atoms with Gasteiger partial charge in [-0.2, -0.15) is 0 Å². The van der Waals surface area contributed by atoms with Crippen LogP contribution in [0, 0.1) is 5.82 Å². The fourth-order valence-electron chi connectivity index (χ4n) is 2.22. The highest BCUT2D eigenvalue weighted by Crippen LogP contribution is 2.32. The van der Waals surface area contributed by atoms with Crippen LogP contribution in [-0.4, -0.2) is 6.54 Å². The molecule has 2 aromatic rings. The Labute approximate surface area is 121 Å². The Balaban J connectivity index is 2.34. The normalized spacial score (nSPS) is 13.1. The molecule has 1 heterocycles. The first-order valence-corrected chi connectivity index (χ1v) is 7.56. The van der Waals surface area contributed by atoms with Crippen LogP contribution in [0.1, 0.15) is 44.9 Å². The van der Waals surface area contributed by atoms with Crippen LogP contribution in [0.15, 0.2) is 27.1 Å². The molecule has 0 spiro atoms. The number of rotatable bonds is 6. The van der Waals surface area contributed by atoms with Crippen LogP contribution in [0.3, 0.4) is 0 Å². The number of furan rings is 1. The fraction of sp³-hybridized carbons (Fsp3) is 0.467. The SMILES string of the molecule is CCCNC(CCC)c1cc2cc(F)cc(Br)c2o1. The van der Waals surface area contributed by atoms with Crippen LogP contribution in [-0.2, 0) is 0 Å². The third kappa shape index (κ3) is 3.37. The minimum absolute atomic E-state index is 0.201. The first-order valence-electron chi connectivity index (χ1n) is 6.77. The Morgan fingerprint density at radius 1 is 1.26 bits per heavy atom. The summed E-state index contributed by atoms with van der Waals surface area (Å²) < 4.78 is 19.9. The molecule has 1 unspecified atom stereocenters. The van der Waals surface area contributed by atoms with Gasteiger partial charge in [0, 0.05) is 5.39 Å². The van der Waals surface area contributed by atoms with E-state index in [4.69, 9.17) is 4.42 Å². The molecule has 1 N–H and O–H groups in total. The Morgan fingerprint density at radius 3 is 2.74 bits per heavy atom. The first kappa shape index (κ1) is 14.5. The second-order valence-corrected chi connectivity index (χ2v) is 5.60. The zero-order chi connectivity index (χ0) is 13.8. The zero-order valence-electron chi connectivity index (χ0n) is 11.3. The number of fused-ring (bicyclic) bond motifs is 1. The topological polar surface area (TPSA) is 25.2 Å². The van der Waals surface area contributed by atoms with Crippen LogP contribution in [0.25, 0.3) is 11.0 Å². The number of nitrogens with one attached hydrogen (secondary N) is 1. The van der Waals surface area contributed by atoms with E-state index < -0.39 is 0 Å². The van der Waals surface area contributed by atoms with Crippen molar-refractivity contribution in [2.75, 3.05) is 6.54 Å². The predicted molar refractivity (Wildman–Crippen MR) is 79.8 cm³/mol. The third-order valence-electron chi connectivity index (χ3n) is 3.12. The molecule has 0 aliphatic rings. The van der Waals surface area contributed by atoms with E-state index in [9.17, 15) is 4.39 Å². The molecule has 0 bridgehead atoms. The fourth-order valence-corrected chi connectivity index (χ4v) is 2.75. The lowest BCUT2D eigenvalue weighted by atomic mass is 10.1. The van der Waals surface area contributed by atoms with Gasteiger partial charge in [-0.3, -0.25) is 0 Å². The molecule has 0 amide bonds. The second-order valence-electron chi connectivity index (χ2n) is 4.75. The van der Waals surface area contributed by atoms with Gasteiger partial charge in [-0.25, -0.2) is 4.39 Å². The van der Waals surface area contributed by atoms with Gasteiger partial charge in [0.25, 0.3) is 0 Å². The monoisotopic (exact) mass is 327 g/mol. The van der Waals surface area contributed by atoms with Gasteiger partial charge >= 0.3 is 0 Å². The maximum absolute atomic E-state index is 13.4. The summed E-state index contributed by atoms with van der Waals surface area (Å²) in [6, 6.07) is 5.08. The summed E-state index contributed by atoms with van der Waals surface area (Å²) in [5.74, 6) is 0.636. The van der Waals surface area contributed by atoms with Crippen molar-refractivity contribution in [1.29, 1.82) is 0 Å². The molecule has 19 heavy (non-hydrogen) atoms. The van der Waals surface area contributed by atoms with Gasteiger partial charge in [-0.1, -0.05) is 20.3 Å². The number of hydrogen-bond acceptors (Lipinski definition) is 2. The van der Waals surface area contributed by atoms with E-state index in [-0.39, 0.29) is 11.9 Å². The molecule has 0 aliphatic carbocycles. The molecule has 4 heteroatoms. The lowest BCUT2D eigenvalue weighted by molar-refractivity contribution is 0.407. The largest absolute Gasteiger partial charge is 0.458 e. The highest BCUT2D eigenvalue weighted by Gasteiger charge is 2.16. The van der Waals surface area contributed by atoms with Crippen molar-refractivity contribution in [2.24, 2.45) is 0 Å². The van der Waals surface area contributed by atoms with Crippen molar-refractivity contribution >= 4 is 26.9 Å². The van der Waals surface area contributed by atoms with Gasteiger partial charge in [0.15, 0.2) is 0 Å². The van der Waals surface area contributed by atoms with Crippen LogP contribution in [0.2, 0.25) is 0 Å². The molecule has 104 valence electrons. The van der Waals surface area contributed by atoms with Gasteiger partial charge in [0.1, 0.15) is 17.2 Å². The van der Waals surface area contributed by atoms with Crippen molar-refractivity contribution in [3.8, 4) is 0 Å². The number of benzene rings is 1. The van der Waals surface area contributed by atoms with Crippen molar-refractivity contribution in [3.63, 3.8) is 0 Å². The van der Waals surface area contributed by atoms with Crippen LogP contribution in [0.4, 0.5) is 4.39 Å². The maximum Gasteiger partial charge on any atom is 0.148 e. The average Bonchev–Trinajstić information content (AvgIpc) is 2.78. The Morgan fingerprint density at radius 2 is 2.05 bits per heavy atom. The number of hydrogen-bond donors (Lipinski definition) is 1. The summed E-state index contributed by atoms with van der Waals surface area (Å²) in [5, 5.41) is 4.29. The van der Waals surface area contributed by atoms with Gasteiger partial charge in [0.05, 0.1) is 10.5 Å². The average molecular weight is 328 g/mol. The molecule has 2 nitrogen and oxygen atoms in total. The van der Waals surface area contributed by atoms with Gasteiger partial charge in [0.2, 0.25) is 0 Å². The smallest absolute Gasteiger partial charge is 0.148 e. The molecule has 0 aliphatic heterocycles. The summed E-state index contributed by atoms with van der Waals surface area (Å²) in [5.41, 5.74) is 0.718. The van der Waals surface area contributed by atoms with E-state index in [1.165, 1.54) is 12.1 Å². The summed E-state index contributed by atoms with van der Waals surface area (Å²) in [4.78, 5) is 0. The molecular weight excluding hydrogens is 309 g/mol. The quantitative estimate of drug-likeness (QED) is 0.791.